The smallest absolute Gasteiger partial charge is 0.339 e. The third-order valence-electron chi connectivity index (χ3n) is 6.04. The van der Waals surface area contributed by atoms with Gasteiger partial charge in [0.25, 0.3) is 5.91 Å². The summed E-state index contributed by atoms with van der Waals surface area (Å²) in [6.45, 7) is 4.11. The topological polar surface area (TPSA) is 49.9 Å². The Morgan fingerprint density at radius 1 is 1.03 bits per heavy atom. The van der Waals surface area contributed by atoms with E-state index in [2.05, 4.69) is 21.7 Å². The highest BCUT2D eigenvalue weighted by atomic mass is 32.1. The Hall–Kier alpha value is -2.96. The van der Waals surface area contributed by atoms with E-state index in [-0.39, 0.29) is 18.0 Å². The van der Waals surface area contributed by atoms with Crippen LogP contribution in [0.1, 0.15) is 43.5 Å². The van der Waals surface area contributed by atoms with Crippen LogP contribution in [0.3, 0.4) is 0 Å². The van der Waals surface area contributed by atoms with Gasteiger partial charge in [0, 0.05) is 44.7 Å². The highest BCUT2D eigenvalue weighted by Crippen LogP contribution is 2.31. The van der Waals surface area contributed by atoms with Gasteiger partial charge in [-0.05, 0) is 51.7 Å². The third-order valence-corrected chi connectivity index (χ3v) is 6.78. The molecule has 2 aromatic carbocycles. The van der Waals surface area contributed by atoms with Gasteiger partial charge in [0.15, 0.2) is 0 Å². The van der Waals surface area contributed by atoms with E-state index in [1.807, 2.05) is 41.3 Å². The largest absolute Gasteiger partial charge is 0.454 e. The van der Waals surface area contributed by atoms with Gasteiger partial charge >= 0.3 is 5.97 Å². The maximum absolute atomic E-state index is 13.1. The molecular formula is C25H24N2O3S. The molecule has 0 unspecified atom stereocenters. The predicted molar refractivity (Wildman–Crippen MR) is 120 cm³/mol. The summed E-state index contributed by atoms with van der Waals surface area (Å²) < 4.78 is 5.63. The molecule has 2 aliphatic rings. The summed E-state index contributed by atoms with van der Waals surface area (Å²) in [6, 6.07) is 17.3. The lowest BCUT2D eigenvalue weighted by Crippen LogP contribution is -2.48. The van der Waals surface area contributed by atoms with Gasteiger partial charge in [-0.1, -0.05) is 30.3 Å². The molecule has 3 heterocycles. The standard InChI is InChI=1S/C25H24N2O3S/c28-24(27-11-9-26(10-12-27)16-18-8-13-31-17-18)20-6-7-22-21(14-20)15-23(30-25(22)29)19-4-2-1-3-5-19/h1-8,13-14,17,23H,9-12,15-16H2/t23-/m1/s1. The molecule has 1 fully saturated rings. The molecule has 0 radical (unpaired) electrons. The number of hydrogen-bond donors (Lipinski definition) is 0. The molecule has 1 saturated heterocycles. The van der Waals surface area contributed by atoms with E-state index < -0.39 is 0 Å². The zero-order valence-corrected chi connectivity index (χ0v) is 18.0. The average molecular weight is 433 g/mol. The fraction of sp³-hybridized carbons (Fsp3) is 0.280. The van der Waals surface area contributed by atoms with Crippen LogP contribution in [0.4, 0.5) is 0 Å². The summed E-state index contributed by atoms with van der Waals surface area (Å²) in [7, 11) is 0. The molecule has 0 N–H and O–H groups in total. The normalized spacial score (nSPS) is 19.0. The number of ether oxygens (including phenoxy) is 1. The molecule has 0 aliphatic carbocycles. The van der Waals surface area contributed by atoms with Gasteiger partial charge in [0.05, 0.1) is 5.56 Å². The lowest BCUT2D eigenvalue weighted by molar-refractivity contribution is 0.0252. The molecule has 5 nitrogen and oxygen atoms in total. The fourth-order valence-electron chi connectivity index (χ4n) is 4.31. The second-order valence-electron chi connectivity index (χ2n) is 8.08. The van der Waals surface area contributed by atoms with Crippen LogP contribution in [0.2, 0.25) is 0 Å². The number of nitrogens with zero attached hydrogens (tertiary/aromatic N) is 2. The molecule has 3 aromatic rings. The van der Waals surface area contributed by atoms with Crippen molar-refractivity contribution >= 4 is 23.2 Å². The molecule has 1 atom stereocenters. The maximum Gasteiger partial charge on any atom is 0.339 e. The lowest BCUT2D eigenvalue weighted by Gasteiger charge is -2.35. The minimum absolute atomic E-state index is 0.0354. The van der Waals surface area contributed by atoms with Crippen LogP contribution in [0.25, 0.3) is 0 Å². The minimum Gasteiger partial charge on any atom is -0.454 e. The van der Waals surface area contributed by atoms with E-state index in [4.69, 9.17) is 4.74 Å². The van der Waals surface area contributed by atoms with Crippen molar-refractivity contribution in [3.8, 4) is 0 Å². The number of piperazine rings is 1. The Labute approximate surface area is 185 Å². The van der Waals surface area contributed by atoms with Gasteiger partial charge in [-0.15, -0.1) is 0 Å². The molecular weight excluding hydrogens is 408 g/mol. The first-order valence-corrected chi connectivity index (χ1v) is 11.5. The molecule has 1 amide bonds. The van der Waals surface area contributed by atoms with Gasteiger partial charge in [-0.2, -0.15) is 11.3 Å². The molecule has 5 rings (SSSR count). The van der Waals surface area contributed by atoms with Crippen LogP contribution in [-0.4, -0.2) is 47.9 Å². The molecule has 2 aliphatic heterocycles. The predicted octanol–water partition coefficient (Wildman–Crippen LogP) is 4.16. The Kier molecular flexibility index (Phi) is 5.57. The van der Waals surface area contributed by atoms with Crippen molar-refractivity contribution in [3.05, 3.63) is 93.2 Å². The average Bonchev–Trinajstić information content (AvgIpc) is 3.32. The second kappa shape index (κ2) is 8.65. The molecule has 31 heavy (non-hydrogen) atoms. The van der Waals surface area contributed by atoms with Crippen LogP contribution in [0.15, 0.2) is 65.4 Å². The lowest BCUT2D eigenvalue weighted by atomic mass is 9.93. The van der Waals surface area contributed by atoms with E-state index in [9.17, 15) is 9.59 Å². The van der Waals surface area contributed by atoms with Crippen molar-refractivity contribution in [3.63, 3.8) is 0 Å². The van der Waals surface area contributed by atoms with E-state index in [0.29, 0.717) is 17.5 Å². The van der Waals surface area contributed by atoms with E-state index >= 15 is 0 Å². The van der Waals surface area contributed by atoms with Gasteiger partial charge < -0.3 is 9.64 Å². The summed E-state index contributed by atoms with van der Waals surface area (Å²) in [4.78, 5) is 29.9. The monoisotopic (exact) mass is 432 g/mol. The van der Waals surface area contributed by atoms with E-state index in [1.165, 1.54) is 5.56 Å². The number of hydrogen-bond acceptors (Lipinski definition) is 5. The number of benzene rings is 2. The first-order chi connectivity index (χ1) is 15.2. The number of thiophene rings is 1. The Morgan fingerprint density at radius 2 is 1.84 bits per heavy atom. The number of esters is 1. The molecule has 0 saturated carbocycles. The van der Waals surface area contributed by atoms with Crippen molar-refractivity contribution in [2.24, 2.45) is 0 Å². The van der Waals surface area contributed by atoms with Crippen molar-refractivity contribution < 1.29 is 14.3 Å². The molecule has 0 bridgehead atoms. The van der Waals surface area contributed by atoms with Crippen LogP contribution in [0.5, 0.6) is 0 Å². The van der Waals surface area contributed by atoms with E-state index in [1.54, 1.807) is 23.5 Å². The molecule has 6 heteroatoms. The first kappa shape index (κ1) is 20.0. The zero-order valence-electron chi connectivity index (χ0n) is 17.2. The SMILES string of the molecule is O=C1O[C@@H](c2ccccc2)Cc2cc(C(=O)N3CCN(Cc4ccsc4)CC3)ccc21. The van der Waals surface area contributed by atoms with Crippen molar-refractivity contribution in [2.75, 3.05) is 26.2 Å². The number of carbonyl (C=O) groups is 2. The molecule has 1 aromatic heterocycles. The van der Waals surface area contributed by atoms with Crippen LogP contribution < -0.4 is 0 Å². The van der Waals surface area contributed by atoms with Gasteiger partial charge in [0.2, 0.25) is 0 Å². The summed E-state index contributed by atoms with van der Waals surface area (Å²) in [5.74, 6) is -0.288. The minimum atomic E-state index is -0.323. The zero-order chi connectivity index (χ0) is 21.2. The van der Waals surface area contributed by atoms with Crippen molar-refractivity contribution in [2.45, 2.75) is 19.1 Å². The molecule has 0 spiro atoms. The van der Waals surface area contributed by atoms with Crippen LogP contribution in [-0.2, 0) is 17.7 Å². The maximum atomic E-state index is 13.1. The number of amides is 1. The summed E-state index contributed by atoms with van der Waals surface area (Å²) in [5.41, 5.74) is 4.39. The van der Waals surface area contributed by atoms with Crippen LogP contribution >= 0.6 is 11.3 Å². The van der Waals surface area contributed by atoms with E-state index in [0.717, 1.165) is 43.9 Å². The Bertz CT molecular complexity index is 1070. The van der Waals surface area contributed by atoms with Crippen LogP contribution in [0, 0.1) is 0 Å². The Morgan fingerprint density at radius 3 is 2.58 bits per heavy atom. The van der Waals surface area contributed by atoms with Gasteiger partial charge in [-0.25, -0.2) is 4.79 Å². The number of carbonyl (C=O) groups excluding carboxylic acids is 2. The van der Waals surface area contributed by atoms with Crippen molar-refractivity contribution in [1.29, 1.82) is 0 Å². The fourth-order valence-corrected chi connectivity index (χ4v) is 4.97. The summed E-state index contributed by atoms with van der Waals surface area (Å²) in [5, 5.41) is 4.28. The highest BCUT2D eigenvalue weighted by Gasteiger charge is 2.29. The van der Waals surface area contributed by atoms with Gasteiger partial charge in [0.1, 0.15) is 6.10 Å². The van der Waals surface area contributed by atoms with Crippen molar-refractivity contribution in [1.82, 2.24) is 9.80 Å². The second-order valence-corrected chi connectivity index (χ2v) is 8.86. The first-order valence-electron chi connectivity index (χ1n) is 10.6. The number of rotatable bonds is 4. The summed E-state index contributed by atoms with van der Waals surface area (Å²) in [6.07, 6.45) is 0.271. The highest BCUT2D eigenvalue weighted by molar-refractivity contribution is 7.07. The number of cyclic esters (lactones) is 1. The number of fused-ring (bicyclic) bond motifs is 1. The molecule has 158 valence electrons. The Balaban J connectivity index is 1.27. The third kappa shape index (κ3) is 4.27. The quantitative estimate of drug-likeness (QED) is 0.581. The summed E-state index contributed by atoms with van der Waals surface area (Å²) >= 11 is 1.72. The van der Waals surface area contributed by atoms with Gasteiger partial charge in [-0.3, -0.25) is 9.69 Å².